The molecule has 1 saturated carbocycles. The molecule has 1 aliphatic carbocycles. The maximum atomic E-state index is 10.9. The second-order valence-corrected chi connectivity index (χ2v) is 5.08. The van der Waals surface area contributed by atoms with Crippen molar-refractivity contribution in [1.82, 2.24) is 5.32 Å². The summed E-state index contributed by atoms with van der Waals surface area (Å²) in [6.07, 6.45) is 8.22. The molecule has 6 radical (unpaired) electrons. The van der Waals surface area contributed by atoms with Crippen molar-refractivity contribution < 1.29 is 4.79 Å². The first-order chi connectivity index (χ1) is 9.06. The van der Waals surface area contributed by atoms with E-state index in [-0.39, 0.29) is 5.91 Å². The van der Waals surface area contributed by atoms with Gasteiger partial charge in [-0.1, -0.05) is 0 Å². The average Bonchev–Trinajstić information content (AvgIpc) is 2.81. The summed E-state index contributed by atoms with van der Waals surface area (Å²) in [4.78, 5) is 15.2. The number of carbonyl (C=O) groups is 1. The third kappa shape index (κ3) is 3.92. The second kappa shape index (κ2) is 6.36. The van der Waals surface area contributed by atoms with Crippen molar-refractivity contribution >= 4 is 32.3 Å². The van der Waals surface area contributed by atoms with Crippen LogP contribution in [0.3, 0.4) is 0 Å². The van der Waals surface area contributed by atoms with Crippen LogP contribution in [0, 0.1) is 38.5 Å². The van der Waals surface area contributed by atoms with Gasteiger partial charge in [-0.25, -0.2) is 0 Å². The zero-order chi connectivity index (χ0) is 13.8. The number of aryl methyl sites for hydroxylation is 1. The molecule has 0 atom stereocenters. The van der Waals surface area contributed by atoms with Crippen molar-refractivity contribution in [2.24, 2.45) is 4.99 Å². The van der Waals surface area contributed by atoms with Gasteiger partial charge < -0.3 is 0 Å². The molecular weight excluding hydrogens is 303 g/mol. The van der Waals surface area contributed by atoms with Gasteiger partial charge in [-0.3, -0.25) is 0 Å². The molecule has 0 saturated heterocycles. The van der Waals surface area contributed by atoms with E-state index in [1.54, 1.807) is 0 Å². The molecule has 0 aromatic heterocycles. The molecular formula is C15H14N2OSe. The van der Waals surface area contributed by atoms with Gasteiger partial charge in [0.15, 0.2) is 0 Å². The number of nitrogens with one attached hydrogen (secondary N) is 1. The van der Waals surface area contributed by atoms with Crippen molar-refractivity contribution in [2.45, 2.75) is 13.8 Å². The number of aliphatic imine (C=N–C) groups is 1. The summed E-state index contributed by atoms with van der Waals surface area (Å²) in [7, 11) is 0. The Balaban J connectivity index is 2.16. The Bertz CT molecular complexity index is 505. The van der Waals surface area contributed by atoms with Crippen molar-refractivity contribution in [3.63, 3.8) is 0 Å². The summed E-state index contributed by atoms with van der Waals surface area (Å²) in [6.45, 7) is 3.51. The predicted octanol–water partition coefficient (Wildman–Crippen LogP) is 2.04. The maximum absolute atomic E-state index is 10.9. The number of amides is 1. The van der Waals surface area contributed by atoms with E-state index in [9.17, 15) is 4.79 Å². The molecule has 96 valence electrons. The molecule has 0 bridgehead atoms. The number of carbonyl (C=O) groups excluding carboxylic acids is 1. The zero-order valence-corrected chi connectivity index (χ0v) is 12.5. The number of hydrogen-bond donors (Lipinski definition) is 1. The number of hydrogen-bond acceptors (Lipinski definition) is 2. The van der Waals surface area contributed by atoms with Crippen LogP contribution in [-0.4, -0.2) is 26.7 Å². The van der Waals surface area contributed by atoms with Crippen LogP contribution in [0.4, 0.5) is 5.69 Å². The van der Waals surface area contributed by atoms with E-state index in [1.165, 1.54) is 18.4 Å². The normalized spacial score (nSPS) is 16.6. The summed E-state index contributed by atoms with van der Waals surface area (Å²) < 4.78 is 0.480. The zero-order valence-electron chi connectivity index (χ0n) is 10.8. The molecule has 1 aromatic carbocycles. The van der Waals surface area contributed by atoms with Gasteiger partial charge in [0, 0.05) is 0 Å². The molecule has 1 amide bonds. The van der Waals surface area contributed by atoms with Crippen LogP contribution < -0.4 is 5.32 Å². The molecule has 0 unspecified atom stereocenters. The van der Waals surface area contributed by atoms with Crippen molar-refractivity contribution in [1.29, 1.82) is 0 Å². The van der Waals surface area contributed by atoms with Crippen LogP contribution in [0.2, 0.25) is 0 Å². The van der Waals surface area contributed by atoms with Crippen molar-refractivity contribution in [3.05, 3.63) is 60.9 Å². The molecule has 4 heteroatoms. The fraction of sp³-hybridized carbons (Fsp3) is 0.133. The first-order valence-electron chi connectivity index (χ1n) is 5.92. The third-order valence-corrected chi connectivity index (χ3v) is 3.10. The number of rotatable bonds is 2. The van der Waals surface area contributed by atoms with E-state index in [0.29, 0.717) is 4.73 Å². The molecule has 1 fully saturated rings. The van der Waals surface area contributed by atoms with E-state index < -0.39 is 0 Å². The fourth-order valence-corrected chi connectivity index (χ4v) is 2.41. The first kappa shape index (κ1) is 14.3. The van der Waals surface area contributed by atoms with Crippen molar-refractivity contribution in [2.75, 3.05) is 0 Å². The quantitative estimate of drug-likeness (QED) is 0.506. The van der Waals surface area contributed by atoms with Crippen LogP contribution in [0.25, 0.3) is 0 Å². The van der Waals surface area contributed by atoms with E-state index in [2.05, 4.69) is 46.1 Å². The van der Waals surface area contributed by atoms with Crippen molar-refractivity contribution in [3.8, 4) is 0 Å². The van der Waals surface area contributed by atoms with Gasteiger partial charge in [0.25, 0.3) is 0 Å². The monoisotopic (exact) mass is 318 g/mol. The summed E-state index contributed by atoms with van der Waals surface area (Å²) in [5.41, 5.74) is 3.17. The van der Waals surface area contributed by atoms with Crippen LogP contribution in [0.5, 0.6) is 0 Å². The summed E-state index contributed by atoms with van der Waals surface area (Å²) >= 11 is 2.74. The van der Waals surface area contributed by atoms with Crippen LogP contribution >= 0.6 is 0 Å². The summed E-state index contributed by atoms with van der Waals surface area (Å²) in [6, 6.07) is 5.99. The van der Waals surface area contributed by atoms with Crippen LogP contribution in [-0.2, 0) is 4.79 Å². The fourth-order valence-electron chi connectivity index (χ4n) is 1.89. The van der Waals surface area contributed by atoms with Crippen LogP contribution in [0.1, 0.15) is 18.1 Å². The Hall–Kier alpha value is -1.12. The Morgan fingerprint density at radius 3 is 2.53 bits per heavy atom. The molecule has 1 N–H and O–H groups in total. The molecule has 19 heavy (non-hydrogen) atoms. The van der Waals surface area contributed by atoms with Gasteiger partial charge in [-0.2, -0.15) is 0 Å². The average molecular weight is 317 g/mol. The molecule has 3 nitrogen and oxygen atoms in total. The van der Waals surface area contributed by atoms with Gasteiger partial charge in [0.1, 0.15) is 0 Å². The first-order valence-corrected chi connectivity index (χ1v) is 6.78. The SMILES string of the molecule is CC(=O)NC([Se])=Nc1ccc([C]2[CH][CH][CH][CH]2)c(C)c1. The standard InChI is InChI=1S/C15H14N2OSe/c1-10-9-13(17-15(19)16-11(2)18)7-8-14(10)12-5-3-4-6-12/h3-9H,1-2H3,(H,16,17,18). The Morgan fingerprint density at radius 1 is 1.26 bits per heavy atom. The Labute approximate surface area is 122 Å². The molecule has 1 aliphatic rings. The van der Waals surface area contributed by atoms with Gasteiger partial charge in [-0.15, -0.1) is 0 Å². The summed E-state index contributed by atoms with van der Waals surface area (Å²) in [5.74, 6) is 1.07. The third-order valence-electron chi connectivity index (χ3n) is 2.70. The van der Waals surface area contributed by atoms with E-state index >= 15 is 0 Å². The van der Waals surface area contributed by atoms with Gasteiger partial charge in [0.05, 0.1) is 0 Å². The minimum absolute atomic E-state index is 0.136. The number of benzene rings is 1. The molecule has 1 aromatic rings. The van der Waals surface area contributed by atoms with Gasteiger partial charge in [-0.05, 0) is 0 Å². The van der Waals surface area contributed by atoms with E-state index in [4.69, 9.17) is 0 Å². The van der Waals surface area contributed by atoms with Crippen LogP contribution in [0.15, 0.2) is 23.2 Å². The van der Waals surface area contributed by atoms with Gasteiger partial charge >= 0.3 is 122 Å². The van der Waals surface area contributed by atoms with E-state index in [1.807, 2.05) is 31.0 Å². The molecule has 0 aliphatic heterocycles. The van der Waals surface area contributed by atoms with Gasteiger partial charge in [0.2, 0.25) is 0 Å². The molecule has 2 rings (SSSR count). The molecule has 0 spiro atoms. The minimum atomic E-state index is -0.136. The Kier molecular flexibility index (Phi) is 4.78. The topological polar surface area (TPSA) is 41.5 Å². The Morgan fingerprint density at radius 2 is 1.95 bits per heavy atom. The van der Waals surface area contributed by atoms with E-state index in [0.717, 1.165) is 11.3 Å². The second-order valence-electron chi connectivity index (χ2n) is 4.27. The summed E-state index contributed by atoms with van der Waals surface area (Å²) in [5, 5.41) is 2.61. The number of nitrogens with zero attached hydrogens (tertiary/aromatic N) is 1. The predicted molar refractivity (Wildman–Crippen MR) is 77.4 cm³/mol. The number of amidine groups is 1. The molecule has 0 heterocycles.